The molecule has 0 saturated carbocycles. The van der Waals surface area contributed by atoms with Crippen molar-refractivity contribution < 1.29 is 9.53 Å². The molecular formula is C10H11BrClNO2. The van der Waals surface area contributed by atoms with Gasteiger partial charge >= 0.3 is 5.97 Å². The summed E-state index contributed by atoms with van der Waals surface area (Å²) < 4.78 is 4.92. The molecule has 1 unspecified atom stereocenters. The van der Waals surface area contributed by atoms with E-state index in [9.17, 15) is 4.79 Å². The van der Waals surface area contributed by atoms with Crippen molar-refractivity contribution in [3.8, 4) is 0 Å². The van der Waals surface area contributed by atoms with Gasteiger partial charge in [-0.05, 0) is 19.9 Å². The number of ether oxygens (including phenoxy) is 1. The van der Waals surface area contributed by atoms with E-state index in [-0.39, 0.29) is 4.83 Å². The summed E-state index contributed by atoms with van der Waals surface area (Å²) in [5, 5.41) is 0.366. The standard InChI is InChI=1S/C10H11BrClNO2/c1-3-15-10(14)8-7(12)4-5-13-9(8)6(2)11/h4-6H,3H2,1-2H3. The van der Waals surface area contributed by atoms with Crippen LogP contribution in [-0.2, 0) is 4.74 Å². The van der Waals surface area contributed by atoms with Crippen LogP contribution in [0.25, 0.3) is 0 Å². The minimum atomic E-state index is -0.433. The first-order valence-electron chi connectivity index (χ1n) is 4.53. The SMILES string of the molecule is CCOC(=O)c1c(Cl)ccnc1C(C)Br. The van der Waals surface area contributed by atoms with Gasteiger partial charge in [0.2, 0.25) is 0 Å². The zero-order chi connectivity index (χ0) is 11.4. The maximum Gasteiger partial charge on any atom is 0.341 e. The van der Waals surface area contributed by atoms with E-state index in [1.807, 2.05) is 6.92 Å². The molecule has 0 aliphatic heterocycles. The Labute approximate surface area is 102 Å². The number of halogens is 2. The number of pyridine rings is 1. The lowest BCUT2D eigenvalue weighted by Gasteiger charge is -2.10. The first-order valence-corrected chi connectivity index (χ1v) is 5.82. The topological polar surface area (TPSA) is 39.2 Å². The molecule has 0 fully saturated rings. The Bertz CT molecular complexity index is 368. The third-order valence-electron chi connectivity index (χ3n) is 1.79. The Morgan fingerprint density at radius 2 is 2.40 bits per heavy atom. The third-order valence-corrected chi connectivity index (χ3v) is 2.53. The van der Waals surface area contributed by atoms with E-state index in [0.717, 1.165) is 0 Å². The molecule has 0 bridgehead atoms. The second-order valence-corrected chi connectivity index (χ2v) is 4.67. The summed E-state index contributed by atoms with van der Waals surface area (Å²) in [6.45, 7) is 3.95. The van der Waals surface area contributed by atoms with Crippen molar-refractivity contribution >= 4 is 33.5 Å². The normalized spacial score (nSPS) is 12.3. The van der Waals surface area contributed by atoms with Crippen molar-refractivity contribution in [3.63, 3.8) is 0 Å². The lowest BCUT2D eigenvalue weighted by atomic mass is 10.1. The average Bonchev–Trinajstić information content (AvgIpc) is 2.17. The van der Waals surface area contributed by atoms with Crippen LogP contribution < -0.4 is 0 Å². The lowest BCUT2D eigenvalue weighted by Crippen LogP contribution is -2.10. The summed E-state index contributed by atoms with van der Waals surface area (Å²) in [6.07, 6.45) is 1.57. The van der Waals surface area contributed by atoms with Gasteiger partial charge in [-0.2, -0.15) is 0 Å². The van der Waals surface area contributed by atoms with Gasteiger partial charge in [0, 0.05) is 6.20 Å². The zero-order valence-electron chi connectivity index (χ0n) is 8.46. The molecule has 0 N–H and O–H groups in total. The van der Waals surface area contributed by atoms with Gasteiger partial charge in [0.05, 0.1) is 22.2 Å². The molecular weight excluding hydrogens is 281 g/mol. The van der Waals surface area contributed by atoms with Crippen molar-refractivity contribution in [2.45, 2.75) is 18.7 Å². The van der Waals surface area contributed by atoms with Crippen LogP contribution in [-0.4, -0.2) is 17.6 Å². The highest BCUT2D eigenvalue weighted by Crippen LogP contribution is 2.28. The lowest BCUT2D eigenvalue weighted by molar-refractivity contribution is 0.0524. The van der Waals surface area contributed by atoms with Crippen LogP contribution in [0.5, 0.6) is 0 Å². The maximum atomic E-state index is 11.6. The highest BCUT2D eigenvalue weighted by Gasteiger charge is 2.20. The first kappa shape index (κ1) is 12.5. The molecule has 1 aromatic heterocycles. The highest BCUT2D eigenvalue weighted by molar-refractivity contribution is 9.09. The van der Waals surface area contributed by atoms with Crippen LogP contribution in [0.3, 0.4) is 0 Å². The van der Waals surface area contributed by atoms with Crippen molar-refractivity contribution in [2.24, 2.45) is 0 Å². The molecule has 82 valence electrons. The summed E-state index contributed by atoms with van der Waals surface area (Å²) >= 11 is 9.30. The van der Waals surface area contributed by atoms with E-state index in [1.165, 1.54) is 0 Å². The number of nitrogens with zero attached hydrogens (tertiary/aromatic N) is 1. The molecule has 0 aromatic carbocycles. The molecule has 0 amide bonds. The Balaban J connectivity index is 3.18. The molecule has 1 aromatic rings. The molecule has 1 heterocycles. The van der Waals surface area contributed by atoms with E-state index in [1.54, 1.807) is 19.2 Å². The van der Waals surface area contributed by atoms with Gasteiger partial charge in [-0.15, -0.1) is 0 Å². The maximum absolute atomic E-state index is 11.6. The summed E-state index contributed by atoms with van der Waals surface area (Å²) in [5.74, 6) is -0.433. The van der Waals surface area contributed by atoms with E-state index in [2.05, 4.69) is 20.9 Å². The van der Waals surface area contributed by atoms with Crippen molar-refractivity contribution in [3.05, 3.63) is 28.5 Å². The van der Waals surface area contributed by atoms with Gasteiger partial charge < -0.3 is 4.74 Å². The predicted octanol–water partition coefficient (Wildman–Crippen LogP) is 3.37. The van der Waals surface area contributed by atoms with E-state index in [0.29, 0.717) is 22.9 Å². The van der Waals surface area contributed by atoms with Gasteiger partial charge in [-0.1, -0.05) is 27.5 Å². The molecule has 15 heavy (non-hydrogen) atoms. The minimum Gasteiger partial charge on any atom is -0.462 e. The van der Waals surface area contributed by atoms with Crippen molar-refractivity contribution in [1.29, 1.82) is 0 Å². The second-order valence-electron chi connectivity index (χ2n) is 2.89. The van der Waals surface area contributed by atoms with E-state index in [4.69, 9.17) is 16.3 Å². The number of alkyl halides is 1. The Hall–Kier alpha value is -0.610. The molecule has 0 radical (unpaired) electrons. The second kappa shape index (κ2) is 5.47. The van der Waals surface area contributed by atoms with Crippen LogP contribution in [0.15, 0.2) is 12.3 Å². The number of rotatable bonds is 3. The molecule has 1 atom stereocenters. The predicted molar refractivity (Wildman–Crippen MR) is 62.5 cm³/mol. The van der Waals surface area contributed by atoms with Crippen LogP contribution in [0, 0.1) is 0 Å². The number of aromatic nitrogens is 1. The van der Waals surface area contributed by atoms with Crippen molar-refractivity contribution in [2.75, 3.05) is 6.61 Å². The number of hydrogen-bond donors (Lipinski definition) is 0. The molecule has 5 heteroatoms. The Morgan fingerprint density at radius 1 is 1.73 bits per heavy atom. The van der Waals surface area contributed by atoms with Crippen LogP contribution in [0.1, 0.15) is 34.7 Å². The Kier molecular flexibility index (Phi) is 4.54. The molecule has 1 rings (SSSR count). The van der Waals surface area contributed by atoms with Gasteiger partial charge in [0.25, 0.3) is 0 Å². The van der Waals surface area contributed by atoms with E-state index >= 15 is 0 Å². The van der Waals surface area contributed by atoms with Crippen LogP contribution >= 0.6 is 27.5 Å². The quantitative estimate of drug-likeness (QED) is 0.633. The monoisotopic (exact) mass is 291 g/mol. The van der Waals surface area contributed by atoms with Crippen molar-refractivity contribution in [1.82, 2.24) is 4.98 Å². The minimum absolute atomic E-state index is 0.0457. The summed E-state index contributed by atoms with van der Waals surface area (Å²) in [4.78, 5) is 15.7. The highest BCUT2D eigenvalue weighted by atomic mass is 79.9. The summed E-state index contributed by atoms with van der Waals surface area (Å²) in [7, 11) is 0. The number of carbonyl (C=O) groups excluding carboxylic acids is 1. The summed E-state index contributed by atoms with van der Waals surface area (Å²) in [6, 6.07) is 1.58. The molecule has 3 nitrogen and oxygen atoms in total. The fourth-order valence-corrected chi connectivity index (χ4v) is 1.74. The third kappa shape index (κ3) is 2.92. The van der Waals surface area contributed by atoms with Gasteiger partial charge in [-0.25, -0.2) is 4.79 Å². The number of hydrogen-bond acceptors (Lipinski definition) is 3. The fourth-order valence-electron chi connectivity index (χ4n) is 1.16. The zero-order valence-corrected chi connectivity index (χ0v) is 10.8. The van der Waals surface area contributed by atoms with Gasteiger partial charge in [0.15, 0.2) is 0 Å². The average molecular weight is 293 g/mol. The van der Waals surface area contributed by atoms with E-state index < -0.39 is 5.97 Å². The van der Waals surface area contributed by atoms with Gasteiger partial charge in [0.1, 0.15) is 5.56 Å². The molecule has 0 aliphatic carbocycles. The number of carbonyl (C=O) groups is 1. The Morgan fingerprint density at radius 3 is 2.93 bits per heavy atom. The smallest absolute Gasteiger partial charge is 0.341 e. The summed E-state index contributed by atoms with van der Waals surface area (Å²) in [5.41, 5.74) is 0.936. The van der Waals surface area contributed by atoms with Crippen LogP contribution in [0.2, 0.25) is 5.02 Å². The number of esters is 1. The molecule has 0 saturated heterocycles. The molecule has 0 spiro atoms. The largest absolute Gasteiger partial charge is 0.462 e. The van der Waals surface area contributed by atoms with Gasteiger partial charge in [-0.3, -0.25) is 4.98 Å². The molecule has 0 aliphatic rings. The van der Waals surface area contributed by atoms with Crippen LogP contribution in [0.4, 0.5) is 0 Å². The fraction of sp³-hybridized carbons (Fsp3) is 0.400. The first-order chi connectivity index (χ1) is 7.07.